The van der Waals surface area contributed by atoms with Crippen molar-refractivity contribution in [3.63, 3.8) is 0 Å². The predicted octanol–water partition coefficient (Wildman–Crippen LogP) is 5.21. The van der Waals surface area contributed by atoms with Gasteiger partial charge in [0.05, 0.1) is 18.2 Å². The number of esters is 2. The van der Waals surface area contributed by atoms with E-state index in [-0.39, 0.29) is 6.07 Å². The number of carbonyl (C=O) groups is 2. The summed E-state index contributed by atoms with van der Waals surface area (Å²) in [7, 11) is 1.02. The van der Waals surface area contributed by atoms with E-state index in [9.17, 15) is 35.9 Å². The SMILES string of the molecule is COC(=O)C1=C[C@H](c2ccccc2)[C@@H](c2cc(C(F)(F)F)cc(C(F)(F)F)c2)OC1=O. The first kappa shape index (κ1) is 22.4. The lowest BCUT2D eigenvalue weighted by atomic mass is 9.84. The zero-order valence-electron chi connectivity index (χ0n) is 15.8. The van der Waals surface area contributed by atoms with Crippen LogP contribution in [0.25, 0.3) is 0 Å². The molecule has 2 aromatic rings. The summed E-state index contributed by atoms with van der Waals surface area (Å²) in [4.78, 5) is 24.2. The molecule has 2 aromatic carbocycles. The molecule has 0 N–H and O–H groups in total. The van der Waals surface area contributed by atoms with Gasteiger partial charge in [0.1, 0.15) is 11.7 Å². The van der Waals surface area contributed by atoms with Crippen molar-refractivity contribution < 1.29 is 45.4 Å². The fourth-order valence-corrected chi connectivity index (χ4v) is 3.21. The number of halogens is 6. The summed E-state index contributed by atoms with van der Waals surface area (Å²) in [5, 5.41) is 0. The van der Waals surface area contributed by atoms with E-state index in [1.54, 1.807) is 30.3 Å². The van der Waals surface area contributed by atoms with Gasteiger partial charge in [0, 0.05) is 5.92 Å². The van der Waals surface area contributed by atoms with Crippen molar-refractivity contribution in [3.05, 3.63) is 82.4 Å². The van der Waals surface area contributed by atoms with Crippen LogP contribution >= 0.6 is 0 Å². The Morgan fingerprint density at radius 1 is 0.903 bits per heavy atom. The zero-order chi connectivity index (χ0) is 23.0. The molecule has 0 saturated heterocycles. The largest absolute Gasteiger partial charge is 0.465 e. The molecule has 1 aliphatic heterocycles. The third kappa shape index (κ3) is 4.73. The van der Waals surface area contributed by atoms with E-state index in [0.717, 1.165) is 13.2 Å². The van der Waals surface area contributed by atoms with Crippen LogP contribution in [-0.4, -0.2) is 19.0 Å². The quantitative estimate of drug-likeness (QED) is 0.371. The van der Waals surface area contributed by atoms with Crippen LogP contribution in [0.2, 0.25) is 0 Å². The highest BCUT2D eigenvalue weighted by Crippen LogP contribution is 2.44. The van der Waals surface area contributed by atoms with Gasteiger partial charge >= 0.3 is 24.3 Å². The first-order chi connectivity index (χ1) is 14.4. The highest BCUT2D eigenvalue weighted by molar-refractivity contribution is 6.14. The van der Waals surface area contributed by atoms with Gasteiger partial charge in [-0.2, -0.15) is 26.3 Å². The Morgan fingerprint density at radius 3 is 1.94 bits per heavy atom. The summed E-state index contributed by atoms with van der Waals surface area (Å²) in [5.74, 6) is -3.28. The average Bonchev–Trinajstić information content (AvgIpc) is 2.72. The maximum absolute atomic E-state index is 13.3. The minimum Gasteiger partial charge on any atom is -0.465 e. The predicted molar refractivity (Wildman–Crippen MR) is 94.6 cm³/mol. The molecule has 164 valence electrons. The molecule has 10 heteroatoms. The van der Waals surface area contributed by atoms with Gasteiger partial charge in [0.2, 0.25) is 0 Å². The highest BCUT2D eigenvalue weighted by Gasteiger charge is 2.41. The van der Waals surface area contributed by atoms with Crippen molar-refractivity contribution in [2.24, 2.45) is 0 Å². The Labute approximate surface area is 172 Å². The number of cyclic esters (lactones) is 1. The van der Waals surface area contributed by atoms with Gasteiger partial charge in [0.15, 0.2) is 0 Å². The topological polar surface area (TPSA) is 52.6 Å². The summed E-state index contributed by atoms with van der Waals surface area (Å²) in [6.07, 6.45) is -10.5. The normalized spacial score (nSPS) is 19.5. The van der Waals surface area contributed by atoms with Crippen LogP contribution in [0.15, 0.2) is 60.2 Å². The van der Waals surface area contributed by atoms with Gasteiger partial charge in [-0.25, -0.2) is 9.59 Å². The second-order valence-corrected chi connectivity index (χ2v) is 6.67. The molecule has 1 aliphatic rings. The van der Waals surface area contributed by atoms with Gasteiger partial charge in [-0.15, -0.1) is 0 Å². The lowest BCUT2D eigenvalue weighted by Crippen LogP contribution is -2.28. The van der Waals surface area contributed by atoms with Gasteiger partial charge in [-0.3, -0.25) is 0 Å². The molecule has 3 rings (SSSR count). The molecule has 0 radical (unpaired) electrons. The fourth-order valence-electron chi connectivity index (χ4n) is 3.21. The Hall–Kier alpha value is -3.30. The number of hydrogen-bond donors (Lipinski definition) is 0. The van der Waals surface area contributed by atoms with Crippen molar-refractivity contribution >= 4 is 11.9 Å². The minimum atomic E-state index is -5.07. The average molecular weight is 444 g/mol. The second-order valence-electron chi connectivity index (χ2n) is 6.67. The molecule has 0 amide bonds. The van der Waals surface area contributed by atoms with E-state index in [4.69, 9.17) is 4.74 Å². The maximum Gasteiger partial charge on any atom is 0.416 e. The molecule has 4 nitrogen and oxygen atoms in total. The summed E-state index contributed by atoms with van der Waals surface area (Å²) in [6, 6.07) is 8.89. The van der Waals surface area contributed by atoms with Crippen LogP contribution < -0.4 is 0 Å². The Morgan fingerprint density at radius 2 is 1.45 bits per heavy atom. The van der Waals surface area contributed by atoms with Crippen LogP contribution in [0.5, 0.6) is 0 Å². The smallest absolute Gasteiger partial charge is 0.416 e. The molecular formula is C21H14F6O4. The zero-order valence-corrected chi connectivity index (χ0v) is 15.8. The molecule has 0 spiro atoms. The lowest BCUT2D eigenvalue weighted by Gasteiger charge is -2.31. The number of carbonyl (C=O) groups excluding carboxylic acids is 2. The summed E-state index contributed by atoms with van der Waals surface area (Å²) < 4.78 is 89.3. The second kappa shape index (κ2) is 8.09. The molecule has 2 atom stereocenters. The first-order valence-corrected chi connectivity index (χ1v) is 8.77. The van der Waals surface area contributed by atoms with Crippen molar-refractivity contribution in [3.8, 4) is 0 Å². The first-order valence-electron chi connectivity index (χ1n) is 8.77. The van der Waals surface area contributed by atoms with E-state index in [1.165, 1.54) is 0 Å². The van der Waals surface area contributed by atoms with Gasteiger partial charge < -0.3 is 9.47 Å². The lowest BCUT2D eigenvalue weighted by molar-refractivity contribution is -0.151. The molecule has 0 bridgehead atoms. The standard InChI is InChI=1S/C21H14F6O4/c1-30-18(28)16-10-15(11-5-3-2-4-6-11)17(31-19(16)29)12-7-13(20(22,23)24)9-14(8-12)21(25,26)27/h2-10,15,17H,1H3/t15-,17-/m1/s1. The number of rotatable bonds is 3. The summed E-state index contributed by atoms with van der Waals surface area (Å²) in [5.41, 5.74) is -3.68. The van der Waals surface area contributed by atoms with Gasteiger partial charge in [0.25, 0.3) is 0 Å². The van der Waals surface area contributed by atoms with Crippen molar-refractivity contribution in [2.75, 3.05) is 7.11 Å². The molecule has 0 unspecified atom stereocenters. The van der Waals surface area contributed by atoms with Crippen molar-refractivity contribution in [1.29, 1.82) is 0 Å². The molecule has 0 saturated carbocycles. The van der Waals surface area contributed by atoms with Gasteiger partial charge in [-0.05, 0) is 29.3 Å². The third-order valence-corrected chi connectivity index (χ3v) is 4.65. The van der Waals surface area contributed by atoms with Crippen LogP contribution in [0.1, 0.15) is 34.3 Å². The summed E-state index contributed by atoms with van der Waals surface area (Å²) >= 11 is 0. The van der Waals surface area contributed by atoms with Gasteiger partial charge in [-0.1, -0.05) is 36.4 Å². The van der Waals surface area contributed by atoms with E-state index < -0.39 is 58.6 Å². The highest BCUT2D eigenvalue weighted by atomic mass is 19.4. The van der Waals surface area contributed by atoms with E-state index in [1.807, 2.05) is 0 Å². The van der Waals surface area contributed by atoms with E-state index in [2.05, 4.69) is 4.74 Å². The molecule has 0 aliphatic carbocycles. The Kier molecular flexibility index (Phi) is 5.84. The van der Waals surface area contributed by atoms with Crippen molar-refractivity contribution in [2.45, 2.75) is 24.4 Å². The maximum atomic E-state index is 13.3. The number of benzene rings is 2. The van der Waals surface area contributed by atoms with Crippen LogP contribution in [0.4, 0.5) is 26.3 Å². The number of ether oxygens (including phenoxy) is 2. The van der Waals surface area contributed by atoms with Crippen molar-refractivity contribution in [1.82, 2.24) is 0 Å². The number of hydrogen-bond acceptors (Lipinski definition) is 4. The number of alkyl halides is 6. The molecular weight excluding hydrogens is 430 g/mol. The molecule has 1 heterocycles. The third-order valence-electron chi connectivity index (χ3n) is 4.65. The summed E-state index contributed by atoms with van der Waals surface area (Å²) in [6.45, 7) is 0. The van der Waals surface area contributed by atoms with E-state index in [0.29, 0.717) is 17.7 Å². The fraction of sp³-hybridized carbons (Fsp3) is 0.238. The molecule has 0 aromatic heterocycles. The minimum absolute atomic E-state index is 0.0125. The molecule has 0 fully saturated rings. The molecule has 31 heavy (non-hydrogen) atoms. The van der Waals surface area contributed by atoms with Crippen LogP contribution in [0, 0.1) is 0 Å². The van der Waals surface area contributed by atoms with E-state index >= 15 is 0 Å². The van der Waals surface area contributed by atoms with Crippen LogP contribution in [0.3, 0.4) is 0 Å². The monoisotopic (exact) mass is 444 g/mol. The number of methoxy groups -OCH3 is 1. The Balaban J connectivity index is 2.21. The van der Waals surface area contributed by atoms with Crippen LogP contribution in [-0.2, 0) is 31.4 Å². The Bertz CT molecular complexity index is 992.